The molecule has 1 rings (SSSR count). The molecule has 1 aromatic rings. The zero-order chi connectivity index (χ0) is 12.5. The molecular weight excluding hydrogens is 214 g/mol. The van der Waals surface area contributed by atoms with Gasteiger partial charge in [0.1, 0.15) is 5.75 Å². The monoisotopic (exact) mass is 235 g/mol. The van der Waals surface area contributed by atoms with Crippen LogP contribution in [0.1, 0.15) is 56.3 Å². The summed E-state index contributed by atoms with van der Waals surface area (Å²) in [5.74, 6) is 0.848. The number of unbranched alkanes of at least 4 members (excludes halogenated alkanes) is 2. The van der Waals surface area contributed by atoms with E-state index in [2.05, 4.69) is 11.9 Å². The standard InChI is InChI=1S/C14H21NO2/c1-3-5-6-7-14(16)12-9-13(11-15-10-12)17-8-4-2/h9-11H,3-8H2,1-2H3. The minimum atomic E-state index is 0.160. The van der Waals surface area contributed by atoms with Gasteiger partial charge in [-0.05, 0) is 18.9 Å². The molecule has 0 radical (unpaired) electrons. The summed E-state index contributed by atoms with van der Waals surface area (Å²) < 4.78 is 5.46. The molecule has 0 saturated heterocycles. The lowest BCUT2D eigenvalue weighted by Crippen LogP contribution is -2.02. The number of Topliss-reactive ketones (excluding diaryl/α,β-unsaturated/α-hetero) is 1. The average Bonchev–Trinajstić information content (AvgIpc) is 2.37. The number of ether oxygens (including phenoxy) is 1. The summed E-state index contributed by atoms with van der Waals surface area (Å²) in [6.45, 7) is 4.84. The zero-order valence-electron chi connectivity index (χ0n) is 10.7. The molecule has 3 nitrogen and oxygen atoms in total. The number of carbonyl (C=O) groups excluding carboxylic acids is 1. The Labute approximate surface area is 103 Å². The predicted molar refractivity (Wildman–Crippen MR) is 68.5 cm³/mol. The largest absolute Gasteiger partial charge is 0.492 e. The topological polar surface area (TPSA) is 39.2 Å². The molecule has 1 aromatic heterocycles. The summed E-state index contributed by atoms with van der Waals surface area (Å²) in [7, 11) is 0. The molecule has 0 aromatic carbocycles. The Kier molecular flexibility index (Phi) is 6.30. The molecule has 94 valence electrons. The lowest BCUT2D eigenvalue weighted by atomic mass is 10.1. The van der Waals surface area contributed by atoms with Crippen molar-refractivity contribution >= 4 is 5.78 Å². The maximum atomic E-state index is 11.8. The minimum Gasteiger partial charge on any atom is -0.492 e. The lowest BCUT2D eigenvalue weighted by Gasteiger charge is -2.05. The molecule has 0 spiro atoms. The van der Waals surface area contributed by atoms with Crippen molar-refractivity contribution in [2.75, 3.05) is 6.61 Å². The number of hydrogen-bond donors (Lipinski definition) is 0. The van der Waals surface area contributed by atoms with Crippen molar-refractivity contribution in [1.29, 1.82) is 0 Å². The van der Waals surface area contributed by atoms with Gasteiger partial charge in [-0.2, -0.15) is 0 Å². The van der Waals surface area contributed by atoms with E-state index >= 15 is 0 Å². The maximum Gasteiger partial charge on any atom is 0.164 e. The fraction of sp³-hybridized carbons (Fsp3) is 0.571. The van der Waals surface area contributed by atoms with Gasteiger partial charge in [0.05, 0.1) is 12.8 Å². The van der Waals surface area contributed by atoms with Crippen LogP contribution in [0.3, 0.4) is 0 Å². The van der Waals surface area contributed by atoms with Crippen LogP contribution in [0.2, 0.25) is 0 Å². The molecule has 0 aliphatic heterocycles. The van der Waals surface area contributed by atoms with Gasteiger partial charge in [-0.1, -0.05) is 26.7 Å². The molecule has 0 saturated carbocycles. The van der Waals surface area contributed by atoms with Gasteiger partial charge in [0, 0.05) is 18.2 Å². The van der Waals surface area contributed by atoms with Crippen LogP contribution in [-0.4, -0.2) is 17.4 Å². The lowest BCUT2D eigenvalue weighted by molar-refractivity contribution is 0.0978. The number of aromatic nitrogens is 1. The minimum absolute atomic E-state index is 0.160. The van der Waals surface area contributed by atoms with Crippen LogP contribution in [-0.2, 0) is 0 Å². The second kappa shape index (κ2) is 7.82. The highest BCUT2D eigenvalue weighted by molar-refractivity contribution is 5.96. The summed E-state index contributed by atoms with van der Waals surface area (Å²) in [5, 5.41) is 0. The molecule has 0 atom stereocenters. The van der Waals surface area contributed by atoms with Crippen molar-refractivity contribution in [3.8, 4) is 5.75 Å². The van der Waals surface area contributed by atoms with E-state index in [0.717, 1.165) is 25.7 Å². The highest BCUT2D eigenvalue weighted by atomic mass is 16.5. The van der Waals surface area contributed by atoms with Gasteiger partial charge < -0.3 is 4.74 Å². The van der Waals surface area contributed by atoms with E-state index in [1.54, 1.807) is 18.5 Å². The fourth-order valence-electron chi connectivity index (χ4n) is 1.55. The predicted octanol–water partition coefficient (Wildman–Crippen LogP) is 3.63. The van der Waals surface area contributed by atoms with Crippen molar-refractivity contribution in [3.05, 3.63) is 24.0 Å². The fourth-order valence-corrected chi connectivity index (χ4v) is 1.55. The normalized spacial score (nSPS) is 10.2. The van der Waals surface area contributed by atoms with Crippen molar-refractivity contribution in [2.45, 2.75) is 46.0 Å². The quantitative estimate of drug-likeness (QED) is 0.510. The molecule has 0 bridgehead atoms. The summed E-state index contributed by atoms with van der Waals surface area (Å²) in [6, 6.07) is 1.79. The van der Waals surface area contributed by atoms with Crippen LogP contribution in [0.25, 0.3) is 0 Å². The van der Waals surface area contributed by atoms with Crippen LogP contribution >= 0.6 is 0 Å². The summed E-state index contributed by atoms with van der Waals surface area (Å²) in [4.78, 5) is 15.9. The van der Waals surface area contributed by atoms with Crippen LogP contribution in [0.15, 0.2) is 18.5 Å². The third-order valence-corrected chi connectivity index (χ3v) is 2.52. The van der Waals surface area contributed by atoms with E-state index < -0.39 is 0 Å². The number of ketones is 1. The van der Waals surface area contributed by atoms with E-state index in [-0.39, 0.29) is 5.78 Å². The van der Waals surface area contributed by atoms with Crippen LogP contribution < -0.4 is 4.74 Å². The SMILES string of the molecule is CCCCCC(=O)c1cncc(OCCC)c1. The van der Waals surface area contributed by atoms with Crippen molar-refractivity contribution in [2.24, 2.45) is 0 Å². The molecule has 0 aliphatic rings. The van der Waals surface area contributed by atoms with E-state index in [4.69, 9.17) is 4.74 Å². The molecular formula is C14H21NO2. The maximum absolute atomic E-state index is 11.8. The molecule has 0 fully saturated rings. The Balaban J connectivity index is 2.54. The molecule has 0 amide bonds. The first kappa shape index (κ1) is 13.7. The van der Waals surface area contributed by atoms with Crippen LogP contribution in [0.4, 0.5) is 0 Å². The highest BCUT2D eigenvalue weighted by Gasteiger charge is 2.07. The van der Waals surface area contributed by atoms with E-state index in [0.29, 0.717) is 24.3 Å². The summed E-state index contributed by atoms with van der Waals surface area (Å²) >= 11 is 0. The van der Waals surface area contributed by atoms with E-state index in [1.807, 2.05) is 6.92 Å². The molecule has 0 unspecified atom stereocenters. The van der Waals surface area contributed by atoms with E-state index in [9.17, 15) is 4.79 Å². The molecule has 17 heavy (non-hydrogen) atoms. The number of carbonyl (C=O) groups is 1. The van der Waals surface area contributed by atoms with Gasteiger partial charge in [0.15, 0.2) is 5.78 Å². The number of hydrogen-bond acceptors (Lipinski definition) is 3. The Hall–Kier alpha value is -1.38. The molecule has 3 heteroatoms. The first-order valence-electron chi connectivity index (χ1n) is 6.39. The Bertz CT molecular complexity index is 350. The van der Waals surface area contributed by atoms with Crippen molar-refractivity contribution < 1.29 is 9.53 Å². The number of pyridine rings is 1. The van der Waals surface area contributed by atoms with Gasteiger partial charge in [0.25, 0.3) is 0 Å². The Morgan fingerprint density at radius 3 is 2.76 bits per heavy atom. The van der Waals surface area contributed by atoms with Gasteiger partial charge >= 0.3 is 0 Å². The van der Waals surface area contributed by atoms with Crippen molar-refractivity contribution in [1.82, 2.24) is 4.98 Å². The average molecular weight is 235 g/mol. The Morgan fingerprint density at radius 2 is 2.06 bits per heavy atom. The first-order valence-corrected chi connectivity index (χ1v) is 6.39. The smallest absolute Gasteiger partial charge is 0.164 e. The first-order chi connectivity index (χ1) is 8.27. The van der Waals surface area contributed by atoms with Gasteiger partial charge in [-0.25, -0.2) is 0 Å². The summed E-state index contributed by atoms with van der Waals surface area (Å²) in [6.07, 6.45) is 8.01. The molecule has 1 heterocycles. The second-order valence-electron chi connectivity index (χ2n) is 4.14. The second-order valence-corrected chi connectivity index (χ2v) is 4.14. The Morgan fingerprint density at radius 1 is 1.24 bits per heavy atom. The third kappa shape index (κ3) is 4.98. The highest BCUT2D eigenvalue weighted by Crippen LogP contribution is 2.14. The third-order valence-electron chi connectivity index (χ3n) is 2.52. The van der Waals surface area contributed by atoms with Crippen molar-refractivity contribution in [3.63, 3.8) is 0 Å². The van der Waals surface area contributed by atoms with Gasteiger partial charge in [-0.3, -0.25) is 9.78 Å². The number of nitrogens with zero attached hydrogens (tertiary/aromatic N) is 1. The van der Waals surface area contributed by atoms with E-state index in [1.165, 1.54) is 0 Å². The summed E-state index contributed by atoms with van der Waals surface area (Å²) in [5.41, 5.74) is 0.662. The molecule has 0 aliphatic carbocycles. The van der Waals surface area contributed by atoms with Gasteiger partial charge in [0.2, 0.25) is 0 Å². The zero-order valence-corrected chi connectivity index (χ0v) is 10.7. The van der Waals surface area contributed by atoms with Crippen LogP contribution in [0.5, 0.6) is 5.75 Å². The van der Waals surface area contributed by atoms with Crippen LogP contribution in [0, 0.1) is 0 Å². The van der Waals surface area contributed by atoms with Gasteiger partial charge in [-0.15, -0.1) is 0 Å². The number of rotatable bonds is 8. The molecule has 0 N–H and O–H groups in total.